The fraction of sp³-hybridized carbons (Fsp3) is 0.409. The molecule has 4 aliphatic rings. The first-order chi connectivity index (χ1) is 12.3. The van der Waals surface area contributed by atoms with Crippen molar-refractivity contribution in [3.63, 3.8) is 0 Å². The normalized spacial score (nSPS) is 33.3. The Labute approximate surface area is 149 Å². The van der Waals surface area contributed by atoms with Crippen molar-refractivity contribution in [2.45, 2.75) is 30.8 Å². The van der Waals surface area contributed by atoms with Crippen molar-refractivity contribution < 1.29 is 4.79 Å². The molecular formula is C22H24N2O. The van der Waals surface area contributed by atoms with Crippen molar-refractivity contribution in [2.75, 3.05) is 19.6 Å². The van der Waals surface area contributed by atoms with E-state index < -0.39 is 0 Å². The molecule has 6 rings (SSSR count). The van der Waals surface area contributed by atoms with Crippen molar-refractivity contribution in [3.05, 3.63) is 71.8 Å². The number of carbonyl (C=O) groups is 1. The van der Waals surface area contributed by atoms with Crippen LogP contribution in [0.5, 0.6) is 0 Å². The first-order valence-corrected chi connectivity index (χ1v) is 9.48. The number of rotatable bonds is 2. The number of likely N-dealkylation sites (tertiary alicyclic amines) is 1. The van der Waals surface area contributed by atoms with Crippen LogP contribution < -0.4 is 0 Å². The third kappa shape index (κ3) is 2.41. The Morgan fingerprint density at radius 3 is 2.16 bits per heavy atom. The van der Waals surface area contributed by atoms with Gasteiger partial charge < -0.3 is 4.90 Å². The van der Waals surface area contributed by atoms with Gasteiger partial charge >= 0.3 is 0 Å². The maximum Gasteiger partial charge on any atom is 0.254 e. The van der Waals surface area contributed by atoms with Crippen molar-refractivity contribution in [1.29, 1.82) is 0 Å². The lowest BCUT2D eigenvalue weighted by atomic mass is 9.75. The monoisotopic (exact) mass is 332 g/mol. The molecule has 3 nitrogen and oxygen atoms in total. The summed E-state index contributed by atoms with van der Waals surface area (Å²) in [6, 6.07) is 21.5. The highest BCUT2D eigenvalue weighted by Crippen LogP contribution is 2.46. The molecule has 4 heterocycles. The Hall–Kier alpha value is -2.13. The van der Waals surface area contributed by atoms with Crippen LogP contribution in [0.2, 0.25) is 0 Å². The standard InChI is InChI=1S/C22H24N2O/c25-22(18-9-5-2-6-10-18)24-15-19(16-7-3-1-4-8-16)21-20(24)17-11-13-23(21)14-12-17/h1-10,17,19-21H,11-15H2/t19-,20+,21+/m0/s1. The highest BCUT2D eigenvalue weighted by Gasteiger charge is 2.54. The van der Waals surface area contributed by atoms with Gasteiger partial charge in [0, 0.05) is 24.1 Å². The van der Waals surface area contributed by atoms with Gasteiger partial charge in [0.1, 0.15) is 0 Å². The molecule has 0 N–H and O–H groups in total. The highest BCUT2D eigenvalue weighted by molar-refractivity contribution is 5.94. The van der Waals surface area contributed by atoms with E-state index in [2.05, 4.69) is 40.1 Å². The summed E-state index contributed by atoms with van der Waals surface area (Å²) in [6.45, 7) is 3.24. The van der Waals surface area contributed by atoms with Crippen LogP contribution >= 0.6 is 0 Å². The molecule has 4 fully saturated rings. The van der Waals surface area contributed by atoms with Gasteiger partial charge in [-0.15, -0.1) is 0 Å². The lowest BCUT2D eigenvalue weighted by molar-refractivity contribution is -0.00340. The van der Waals surface area contributed by atoms with Crippen molar-refractivity contribution >= 4 is 5.91 Å². The molecule has 0 aromatic heterocycles. The first kappa shape index (κ1) is 15.2. The van der Waals surface area contributed by atoms with E-state index in [1.54, 1.807) is 0 Å². The third-order valence-electron chi connectivity index (χ3n) is 6.50. The number of fused-ring (bicyclic) bond motifs is 2. The van der Waals surface area contributed by atoms with E-state index in [1.165, 1.54) is 31.5 Å². The minimum atomic E-state index is 0.211. The second kappa shape index (κ2) is 5.99. The molecule has 4 aliphatic heterocycles. The molecule has 2 aromatic rings. The van der Waals surface area contributed by atoms with Gasteiger partial charge in [-0.1, -0.05) is 48.5 Å². The topological polar surface area (TPSA) is 23.6 Å². The molecule has 0 unspecified atom stereocenters. The van der Waals surface area contributed by atoms with Gasteiger partial charge in [-0.25, -0.2) is 0 Å². The quantitative estimate of drug-likeness (QED) is 0.842. The summed E-state index contributed by atoms with van der Waals surface area (Å²) in [5.74, 6) is 1.31. The van der Waals surface area contributed by atoms with Gasteiger partial charge in [0.25, 0.3) is 5.91 Å². The van der Waals surface area contributed by atoms with Crippen LogP contribution in [0.4, 0.5) is 0 Å². The number of hydrogen-bond acceptors (Lipinski definition) is 2. The Bertz CT molecular complexity index is 752. The molecule has 0 radical (unpaired) electrons. The summed E-state index contributed by atoms with van der Waals surface area (Å²) in [7, 11) is 0. The Balaban J connectivity index is 1.53. The second-order valence-corrected chi connectivity index (χ2v) is 7.70. The summed E-state index contributed by atoms with van der Waals surface area (Å²) >= 11 is 0. The predicted molar refractivity (Wildman–Crippen MR) is 98.5 cm³/mol. The average Bonchev–Trinajstić information content (AvgIpc) is 3.12. The van der Waals surface area contributed by atoms with Crippen LogP contribution in [0.25, 0.3) is 0 Å². The van der Waals surface area contributed by atoms with E-state index in [0.717, 1.165) is 12.1 Å². The number of piperidine rings is 3. The van der Waals surface area contributed by atoms with Crippen LogP contribution in [0, 0.1) is 5.92 Å². The third-order valence-corrected chi connectivity index (χ3v) is 6.50. The van der Waals surface area contributed by atoms with E-state index in [0.29, 0.717) is 23.9 Å². The summed E-state index contributed by atoms with van der Waals surface area (Å²) in [5.41, 5.74) is 2.21. The zero-order chi connectivity index (χ0) is 16.8. The molecule has 3 heteroatoms. The predicted octanol–water partition coefficient (Wildman–Crippen LogP) is 3.39. The smallest absolute Gasteiger partial charge is 0.254 e. The molecule has 2 aromatic carbocycles. The lowest BCUT2D eigenvalue weighted by Gasteiger charge is -2.51. The molecule has 0 saturated carbocycles. The number of hydrogen-bond donors (Lipinski definition) is 0. The maximum absolute atomic E-state index is 13.3. The summed E-state index contributed by atoms with van der Waals surface area (Å²) < 4.78 is 0. The Morgan fingerprint density at radius 2 is 1.48 bits per heavy atom. The molecule has 1 amide bonds. The average molecular weight is 332 g/mol. The molecule has 3 atom stereocenters. The largest absolute Gasteiger partial charge is 0.333 e. The number of amides is 1. The summed E-state index contributed by atoms with van der Waals surface area (Å²) in [6.07, 6.45) is 2.47. The van der Waals surface area contributed by atoms with Crippen LogP contribution in [-0.4, -0.2) is 47.4 Å². The molecular weight excluding hydrogens is 308 g/mol. The number of carbonyl (C=O) groups excluding carboxylic acids is 1. The van der Waals surface area contributed by atoms with E-state index in [1.807, 2.05) is 30.3 Å². The molecule has 25 heavy (non-hydrogen) atoms. The van der Waals surface area contributed by atoms with E-state index in [-0.39, 0.29) is 5.91 Å². The highest BCUT2D eigenvalue weighted by atomic mass is 16.2. The molecule has 2 bridgehead atoms. The number of benzene rings is 2. The second-order valence-electron chi connectivity index (χ2n) is 7.70. The van der Waals surface area contributed by atoms with Gasteiger partial charge in [-0.2, -0.15) is 0 Å². The lowest BCUT2D eigenvalue weighted by Crippen LogP contribution is -2.60. The zero-order valence-electron chi connectivity index (χ0n) is 14.4. The van der Waals surface area contributed by atoms with Gasteiger partial charge in [0.05, 0.1) is 6.04 Å². The molecule has 0 spiro atoms. The minimum Gasteiger partial charge on any atom is -0.333 e. The van der Waals surface area contributed by atoms with Gasteiger partial charge in [-0.05, 0) is 49.5 Å². The fourth-order valence-electron chi connectivity index (χ4n) is 5.39. The van der Waals surface area contributed by atoms with Crippen molar-refractivity contribution in [1.82, 2.24) is 9.80 Å². The van der Waals surface area contributed by atoms with E-state index >= 15 is 0 Å². The fourth-order valence-corrected chi connectivity index (χ4v) is 5.39. The SMILES string of the molecule is O=C(c1ccccc1)N1C[C@@H](c2ccccc2)[C@@H]2[C@H]1C1CCN2CC1. The van der Waals surface area contributed by atoms with E-state index in [9.17, 15) is 4.79 Å². The van der Waals surface area contributed by atoms with Crippen LogP contribution in [0.15, 0.2) is 60.7 Å². The van der Waals surface area contributed by atoms with E-state index in [4.69, 9.17) is 0 Å². The number of nitrogens with zero attached hydrogens (tertiary/aromatic N) is 2. The first-order valence-electron chi connectivity index (χ1n) is 9.48. The van der Waals surface area contributed by atoms with Gasteiger partial charge in [0.2, 0.25) is 0 Å². The Kier molecular flexibility index (Phi) is 3.63. The molecule has 128 valence electrons. The summed E-state index contributed by atoms with van der Waals surface area (Å²) in [4.78, 5) is 18.1. The maximum atomic E-state index is 13.3. The minimum absolute atomic E-state index is 0.211. The van der Waals surface area contributed by atoms with Gasteiger partial charge in [0.15, 0.2) is 0 Å². The Morgan fingerprint density at radius 1 is 0.840 bits per heavy atom. The van der Waals surface area contributed by atoms with Crippen LogP contribution in [0.3, 0.4) is 0 Å². The summed E-state index contributed by atoms with van der Waals surface area (Å²) in [5, 5.41) is 0. The van der Waals surface area contributed by atoms with Crippen LogP contribution in [-0.2, 0) is 0 Å². The molecule has 4 saturated heterocycles. The van der Waals surface area contributed by atoms with Crippen molar-refractivity contribution in [2.24, 2.45) is 5.92 Å². The van der Waals surface area contributed by atoms with Gasteiger partial charge in [-0.3, -0.25) is 9.69 Å². The zero-order valence-corrected chi connectivity index (χ0v) is 14.4. The van der Waals surface area contributed by atoms with Crippen LogP contribution in [0.1, 0.15) is 34.7 Å². The molecule has 0 aliphatic carbocycles. The van der Waals surface area contributed by atoms with Crippen molar-refractivity contribution in [3.8, 4) is 0 Å².